The third-order valence-corrected chi connectivity index (χ3v) is 2.50. The fourth-order valence-electron chi connectivity index (χ4n) is 1.41. The van der Waals surface area contributed by atoms with Crippen molar-refractivity contribution in [2.45, 2.75) is 38.8 Å². The van der Waals surface area contributed by atoms with Crippen LogP contribution >= 0.6 is 0 Å². The molecule has 0 aromatic carbocycles. The number of hydrogen-bond acceptors (Lipinski definition) is 4. The lowest BCUT2D eigenvalue weighted by atomic mass is 10.2. The van der Waals surface area contributed by atoms with E-state index in [4.69, 9.17) is 0 Å². The molecule has 0 heterocycles. The number of carbonyl (C=O) groups excluding carboxylic acids is 1. The van der Waals surface area contributed by atoms with Crippen LogP contribution < -0.4 is 10.6 Å². The van der Waals surface area contributed by atoms with Gasteiger partial charge < -0.3 is 20.6 Å². The molecule has 2 unspecified atom stereocenters. The Morgan fingerprint density at radius 3 is 2.59 bits per heavy atom. The first-order valence-corrected chi connectivity index (χ1v) is 6.28. The van der Waals surface area contributed by atoms with Crippen LogP contribution in [0.1, 0.15) is 26.7 Å². The molecule has 5 nitrogen and oxygen atoms in total. The minimum Gasteiger partial charge on any atom is -0.390 e. The maximum atomic E-state index is 11.4. The summed E-state index contributed by atoms with van der Waals surface area (Å²) in [6.07, 6.45) is 1.02. The Balaban J connectivity index is 3.47. The van der Waals surface area contributed by atoms with Crippen LogP contribution in [-0.2, 0) is 4.79 Å². The van der Waals surface area contributed by atoms with Crippen LogP contribution in [0.2, 0.25) is 0 Å². The normalized spacial score (nSPS) is 14.7. The van der Waals surface area contributed by atoms with Crippen molar-refractivity contribution in [3.8, 4) is 0 Å². The third kappa shape index (κ3) is 10.2. The van der Waals surface area contributed by atoms with Crippen LogP contribution in [0.15, 0.2) is 0 Å². The summed E-state index contributed by atoms with van der Waals surface area (Å²) in [7, 11) is 3.84. The van der Waals surface area contributed by atoms with Crippen molar-refractivity contribution in [3.63, 3.8) is 0 Å². The van der Waals surface area contributed by atoms with Crippen LogP contribution in [0.4, 0.5) is 0 Å². The molecule has 2 atom stereocenters. The number of aliphatic hydroxyl groups is 1. The SMILES string of the molecule is CCC(C)NC(=O)CCNCC(O)CN(C)C. The summed E-state index contributed by atoms with van der Waals surface area (Å²) in [5, 5.41) is 15.5. The van der Waals surface area contributed by atoms with Gasteiger partial charge in [-0.3, -0.25) is 4.79 Å². The number of rotatable bonds is 9. The molecule has 0 saturated heterocycles. The van der Waals surface area contributed by atoms with E-state index in [1.54, 1.807) is 0 Å². The van der Waals surface area contributed by atoms with E-state index in [1.165, 1.54) is 0 Å². The van der Waals surface area contributed by atoms with Crippen LogP contribution in [0, 0.1) is 0 Å². The van der Waals surface area contributed by atoms with Crippen molar-refractivity contribution >= 4 is 5.91 Å². The van der Waals surface area contributed by atoms with Gasteiger partial charge in [-0.15, -0.1) is 0 Å². The maximum absolute atomic E-state index is 11.4. The molecular formula is C12H27N3O2. The van der Waals surface area contributed by atoms with Crippen LogP contribution in [0.3, 0.4) is 0 Å². The molecule has 0 saturated carbocycles. The number of aliphatic hydroxyl groups excluding tert-OH is 1. The quantitative estimate of drug-likeness (QED) is 0.492. The lowest BCUT2D eigenvalue weighted by molar-refractivity contribution is -0.121. The van der Waals surface area contributed by atoms with Gasteiger partial charge in [-0.2, -0.15) is 0 Å². The summed E-state index contributed by atoms with van der Waals surface area (Å²) >= 11 is 0. The predicted molar refractivity (Wildman–Crippen MR) is 69.9 cm³/mol. The van der Waals surface area contributed by atoms with Gasteiger partial charge in [0.25, 0.3) is 0 Å². The summed E-state index contributed by atoms with van der Waals surface area (Å²) < 4.78 is 0. The van der Waals surface area contributed by atoms with Crippen LogP contribution in [0.25, 0.3) is 0 Å². The van der Waals surface area contributed by atoms with Gasteiger partial charge >= 0.3 is 0 Å². The monoisotopic (exact) mass is 245 g/mol. The van der Waals surface area contributed by atoms with E-state index >= 15 is 0 Å². The van der Waals surface area contributed by atoms with E-state index in [0.717, 1.165) is 6.42 Å². The molecule has 0 spiro atoms. The molecule has 0 bridgehead atoms. The summed E-state index contributed by atoms with van der Waals surface area (Å²) in [6, 6.07) is 0.238. The maximum Gasteiger partial charge on any atom is 0.221 e. The smallest absolute Gasteiger partial charge is 0.221 e. The topological polar surface area (TPSA) is 64.6 Å². The summed E-state index contributed by atoms with van der Waals surface area (Å²) in [5.41, 5.74) is 0. The third-order valence-electron chi connectivity index (χ3n) is 2.50. The highest BCUT2D eigenvalue weighted by atomic mass is 16.3. The first-order valence-electron chi connectivity index (χ1n) is 6.28. The lowest BCUT2D eigenvalue weighted by Gasteiger charge is -2.16. The number of carbonyl (C=O) groups is 1. The molecule has 0 aliphatic heterocycles. The number of nitrogens with zero attached hydrogens (tertiary/aromatic N) is 1. The fourth-order valence-corrected chi connectivity index (χ4v) is 1.41. The van der Waals surface area contributed by atoms with E-state index < -0.39 is 0 Å². The van der Waals surface area contributed by atoms with Crippen LogP contribution in [0.5, 0.6) is 0 Å². The predicted octanol–water partition coefficient (Wildman–Crippen LogP) is -0.197. The van der Waals surface area contributed by atoms with Gasteiger partial charge in [0.2, 0.25) is 5.91 Å². The molecule has 0 aliphatic rings. The first-order chi connectivity index (χ1) is 7.95. The second kappa shape index (κ2) is 9.39. The molecule has 0 aliphatic carbocycles. The number of hydrogen-bond donors (Lipinski definition) is 3. The zero-order chi connectivity index (χ0) is 13.3. The second-order valence-electron chi connectivity index (χ2n) is 4.75. The Morgan fingerprint density at radius 2 is 2.06 bits per heavy atom. The minimum atomic E-state index is -0.386. The Hall–Kier alpha value is -0.650. The molecule has 3 N–H and O–H groups in total. The average molecular weight is 245 g/mol. The van der Waals surface area contributed by atoms with Gasteiger partial charge in [0, 0.05) is 32.1 Å². The highest BCUT2D eigenvalue weighted by Crippen LogP contribution is 1.89. The Bertz CT molecular complexity index is 210. The molecular weight excluding hydrogens is 218 g/mol. The zero-order valence-corrected chi connectivity index (χ0v) is 11.5. The van der Waals surface area contributed by atoms with E-state index in [-0.39, 0.29) is 18.1 Å². The number of likely N-dealkylation sites (N-methyl/N-ethyl adjacent to an activating group) is 1. The van der Waals surface area contributed by atoms with Crippen LogP contribution in [-0.4, -0.2) is 61.8 Å². The summed E-state index contributed by atoms with van der Waals surface area (Å²) in [6.45, 7) is 5.79. The fraction of sp³-hybridized carbons (Fsp3) is 0.917. The van der Waals surface area contributed by atoms with Crippen molar-refractivity contribution in [3.05, 3.63) is 0 Å². The van der Waals surface area contributed by atoms with Gasteiger partial charge in [-0.1, -0.05) is 6.92 Å². The molecule has 0 aromatic rings. The summed E-state index contributed by atoms with van der Waals surface area (Å²) in [5.74, 6) is 0.0638. The Kier molecular flexibility index (Phi) is 9.03. The standard InChI is InChI=1S/C12H27N3O2/c1-5-10(2)14-12(17)6-7-13-8-11(16)9-15(3)4/h10-11,13,16H,5-9H2,1-4H3,(H,14,17). The highest BCUT2D eigenvalue weighted by molar-refractivity contribution is 5.76. The van der Waals surface area contributed by atoms with E-state index in [9.17, 15) is 9.90 Å². The minimum absolute atomic E-state index is 0.0638. The van der Waals surface area contributed by atoms with Gasteiger partial charge in [-0.05, 0) is 27.4 Å². The highest BCUT2D eigenvalue weighted by Gasteiger charge is 2.07. The first kappa shape index (κ1) is 16.4. The van der Waals surface area contributed by atoms with Crippen molar-refractivity contribution in [2.24, 2.45) is 0 Å². The van der Waals surface area contributed by atoms with E-state index in [0.29, 0.717) is 26.1 Å². The van der Waals surface area contributed by atoms with Gasteiger partial charge in [0.05, 0.1) is 6.10 Å². The van der Waals surface area contributed by atoms with Crippen molar-refractivity contribution in [1.82, 2.24) is 15.5 Å². The molecule has 0 aromatic heterocycles. The largest absolute Gasteiger partial charge is 0.390 e. The van der Waals surface area contributed by atoms with Gasteiger partial charge in [0.1, 0.15) is 0 Å². The van der Waals surface area contributed by atoms with Crippen molar-refractivity contribution in [2.75, 3.05) is 33.7 Å². The van der Waals surface area contributed by atoms with Crippen molar-refractivity contribution < 1.29 is 9.90 Å². The molecule has 5 heteroatoms. The van der Waals surface area contributed by atoms with E-state index in [2.05, 4.69) is 10.6 Å². The summed E-state index contributed by atoms with van der Waals surface area (Å²) in [4.78, 5) is 13.3. The molecule has 102 valence electrons. The zero-order valence-electron chi connectivity index (χ0n) is 11.5. The van der Waals surface area contributed by atoms with Gasteiger partial charge in [-0.25, -0.2) is 0 Å². The van der Waals surface area contributed by atoms with Gasteiger partial charge in [0.15, 0.2) is 0 Å². The number of nitrogens with one attached hydrogen (secondary N) is 2. The second-order valence-corrected chi connectivity index (χ2v) is 4.75. The Morgan fingerprint density at radius 1 is 1.41 bits per heavy atom. The van der Waals surface area contributed by atoms with E-state index in [1.807, 2.05) is 32.8 Å². The number of amides is 1. The molecule has 0 radical (unpaired) electrons. The molecule has 0 rings (SSSR count). The molecule has 0 fully saturated rings. The Labute approximate surface area is 105 Å². The lowest BCUT2D eigenvalue weighted by Crippen LogP contribution is -2.38. The van der Waals surface area contributed by atoms with Crippen molar-refractivity contribution in [1.29, 1.82) is 0 Å². The average Bonchev–Trinajstić information content (AvgIpc) is 2.23. The molecule has 1 amide bonds. The molecule has 17 heavy (non-hydrogen) atoms.